The molecule has 0 radical (unpaired) electrons. The maximum Gasteiger partial charge on any atom is 0.225 e. The molecule has 0 heterocycles. The topological polar surface area (TPSA) is 79.2 Å². The van der Waals surface area contributed by atoms with Crippen molar-refractivity contribution < 1.29 is 13.2 Å². The van der Waals surface area contributed by atoms with Gasteiger partial charge in [-0.2, -0.15) is 5.26 Å². The molecule has 2 aromatic carbocycles. The van der Waals surface area contributed by atoms with Crippen LogP contribution in [0, 0.1) is 11.3 Å². The number of para-hydroxylation sites is 1. The van der Waals surface area contributed by atoms with E-state index in [0.29, 0.717) is 5.75 Å². The second-order valence-electron chi connectivity index (χ2n) is 4.74. The van der Waals surface area contributed by atoms with Crippen LogP contribution in [0.15, 0.2) is 54.6 Å². The lowest BCUT2D eigenvalue weighted by Gasteiger charge is -2.14. The summed E-state index contributed by atoms with van der Waals surface area (Å²) >= 11 is 0. The monoisotopic (exact) mass is 316 g/mol. The molecule has 0 fully saturated rings. The lowest BCUT2D eigenvalue weighted by atomic mass is 10.1. The fraction of sp³-hybridized carbons (Fsp3) is 0.188. The minimum absolute atomic E-state index is 0.413. The highest BCUT2D eigenvalue weighted by molar-refractivity contribution is 7.89. The number of ether oxygens (including phenoxy) is 1. The van der Waals surface area contributed by atoms with Crippen molar-refractivity contribution in [2.75, 3.05) is 5.75 Å². The number of nitriles is 1. The summed E-state index contributed by atoms with van der Waals surface area (Å²) in [5.74, 6) is 0.854. The number of nitrogens with one attached hydrogen (secondary N) is 1. The van der Waals surface area contributed by atoms with Crippen LogP contribution in [0.25, 0.3) is 0 Å². The predicted octanol–water partition coefficient (Wildman–Crippen LogP) is 2.98. The fourth-order valence-corrected chi connectivity index (χ4v) is 2.84. The smallest absolute Gasteiger partial charge is 0.225 e. The Balaban J connectivity index is 2.04. The Hall–Kier alpha value is -2.36. The van der Waals surface area contributed by atoms with Gasteiger partial charge in [-0.3, -0.25) is 0 Å². The standard InChI is InChI=1S/C16H16N2O3S/c1-13(18-22(19,20)12-11-17)14-7-9-16(10-8-14)21-15-5-3-2-4-6-15/h2-10,13,18H,12H2,1H3/t13-/m1/s1. The van der Waals surface area contributed by atoms with Gasteiger partial charge in [0.1, 0.15) is 11.5 Å². The Labute approximate surface area is 130 Å². The van der Waals surface area contributed by atoms with E-state index in [1.807, 2.05) is 30.3 Å². The van der Waals surface area contributed by atoms with Crippen LogP contribution in [-0.2, 0) is 10.0 Å². The van der Waals surface area contributed by atoms with Gasteiger partial charge in [0.2, 0.25) is 10.0 Å². The maximum atomic E-state index is 11.6. The number of nitrogens with zero attached hydrogens (tertiary/aromatic N) is 1. The molecule has 0 aliphatic carbocycles. The Morgan fingerprint density at radius 1 is 1.09 bits per heavy atom. The SMILES string of the molecule is C[C@@H](NS(=O)(=O)CC#N)c1ccc(Oc2ccccc2)cc1. The number of benzene rings is 2. The molecule has 114 valence electrons. The molecular formula is C16H16N2O3S. The summed E-state index contributed by atoms with van der Waals surface area (Å²) in [6, 6.07) is 17.7. The molecule has 0 saturated heterocycles. The lowest BCUT2D eigenvalue weighted by molar-refractivity contribution is 0.482. The first-order valence-electron chi connectivity index (χ1n) is 6.70. The normalized spacial score (nSPS) is 12.4. The minimum Gasteiger partial charge on any atom is -0.457 e. The van der Waals surface area contributed by atoms with E-state index in [1.54, 1.807) is 37.3 Å². The molecule has 1 atom stereocenters. The summed E-state index contributed by atoms with van der Waals surface area (Å²) in [5.41, 5.74) is 0.793. The predicted molar refractivity (Wildman–Crippen MR) is 83.9 cm³/mol. The van der Waals surface area contributed by atoms with Crippen LogP contribution in [0.5, 0.6) is 11.5 Å². The fourth-order valence-electron chi connectivity index (χ4n) is 1.91. The van der Waals surface area contributed by atoms with Crippen molar-refractivity contribution in [1.29, 1.82) is 5.26 Å². The molecule has 0 amide bonds. The third-order valence-corrected chi connectivity index (χ3v) is 4.19. The average Bonchev–Trinajstić information content (AvgIpc) is 2.48. The van der Waals surface area contributed by atoms with Crippen molar-refractivity contribution in [3.63, 3.8) is 0 Å². The van der Waals surface area contributed by atoms with Crippen molar-refractivity contribution in [2.45, 2.75) is 13.0 Å². The van der Waals surface area contributed by atoms with Crippen LogP contribution in [0.2, 0.25) is 0 Å². The van der Waals surface area contributed by atoms with Gasteiger partial charge in [-0.15, -0.1) is 0 Å². The highest BCUT2D eigenvalue weighted by atomic mass is 32.2. The highest BCUT2D eigenvalue weighted by Crippen LogP contribution is 2.23. The van der Waals surface area contributed by atoms with Crippen LogP contribution in [-0.4, -0.2) is 14.2 Å². The molecule has 22 heavy (non-hydrogen) atoms. The Morgan fingerprint density at radius 3 is 2.27 bits per heavy atom. The second-order valence-corrected chi connectivity index (χ2v) is 6.49. The van der Waals surface area contributed by atoms with E-state index in [1.165, 1.54) is 0 Å². The molecule has 0 bridgehead atoms. The van der Waals surface area contributed by atoms with Gasteiger partial charge in [0.15, 0.2) is 5.75 Å². The van der Waals surface area contributed by atoms with Crippen molar-refractivity contribution in [2.24, 2.45) is 0 Å². The molecule has 6 heteroatoms. The molecule has 2 aromatic rings. The number of rotatable bonds is 6. The Bertz CT molecular complexity index is 750. The van der Waals surface area contributed by atoms with E-state index in [0.717, 1.165) is 11.3 Å². The zero-order valence-corrected chi connectivity index (χ0v) is 12.9. The third kappa shape index (κ3) is 4.58. The van der Waals surface area contributed by atoms with Gasteiger partial charge in [-0.05, 0) is 36.8 Å². The van der Waals surface area contributed by atoms with Crippen molar-refractivity contribution in [1.82, 2.24) is 4.72 Å². The van der Waals surface area contributed by atoms with Gasteiger partial charge >= 0.3 is 0 Å². The van der Waals surface area contributed by atoms with E-state index in [-0.39, 0.29) is 0 Å². The van der Waals surface area contributed by atoms with Gasteiger partial charge in [-0.25, -0.2) is 13.1 Å². The zero-order chi connectivity index (χ0) is 16.0. The first kappa shape index (κ1) is 16.0. The summed E-state index contributed by atoms with van der Waals surface area (Å²) in [5, 5.41) is 8.48. The first-order chi connectivity index (χ1) is 10.5. The molecule has 0 spiro atoms. The minimum atomic E-state index is -3.58. The molecular weight excluding hydrogens is 300 g/mol. The molecule has 0 aliphatic rings. The maximum absolute atomic E-state index is 11.6. The Morgan fingerprint density at radius 2 is 1.68 bits per heavy atom. The largest absolute Gasteiger partial charge is 0.457 e. The third-order valence-electron chi connectivity index (χ3n) is 2.97. The lowest BCUT2D eigenvalue weighted by Crippen LogP contribution is -2.28. The van der Waals surface area contributed by atoms with Crippen LogP contribution in [0.1, 0.15) is 18.5 Å². The van der Waals surface area contributed by atoms with Gasteiger partial charge in [-0.1, -0.05) is 30.3 Å². The molecule has 0 saturated carbocycles. The van der Waals surface area contributed by atoms with E-state index in [2.05, 4.69) is 4.72 Å². The quantitative estimate of drug-likeness (QED) is 0.888. The van der Waals surface area contributed by atoms with Gasteiger partial charge in [0.25, 0.3) is 0 Å². The molecule has 2 rings (SSSR count). The van der Waals surface area contributed by atoms with E-state index in [4.69, 9.17) is 10.00 Å². The van der Waals surface area contributed by atoms with E-state index < -0.39 is 21.8 Å². The molecule has 5 nitrogen and oxygen atoms in total. The van der Waals surface area contributed by atoms with Crippen LogP contribution in [0.4, 0.5) is 0 Å². The Kier molecular flexibility index (Phi) is 5.15. The summed E-state index contributed by atoms with van der Waals surface area (Å²) in [6.45, 7) is 1.72. The molecule has 1 N–H and O–H groups in total. The van der Waals surface area contributed by atoms with E-state index >= 15 is 0 Å². The summed E-state index contributed by atoms with van der Waals surface area (Å²) in [7, 11) is -3.58. The molecule has 0 aromatic heterocycles. The van der Waals surface area contributed by atoms with Crippen LogP contribution >= 0.6 is 0 Å². The van der Waals surface area contributed by atoms with Crippen LogP contribution < -0.4 is 9.46 Å². The van der Waals surface area contributed by atoms with Crippen molar-refractivity contribution in [3.05, 3.63) is 60.2 Å². The van der Waals surface area contributed by atoms with Gasteiger partial charge in [0.05, 0.1) is 6.07 Å². The van der Waals surface area contributed by atoms with Gasteiger partial charge < -0.3 is 4.74 Å². The first-order valence-corrected chi connectivity index (χ1v) is 8.35. The summed E-state index contributed by atoms with van der Waals surface area (Å²) in [6.07, 6.45) is 0. The number of hydrogen-bond acceptors (Lipinski definition) is 4. The molecule has 0 unspecified atom stereocenters. The molecule has 0 aliphatic heterocycles. The second kappa shape index (κ2) is 7.07. The van der Waals surface area contributed by atoms with Crippen LogP contribution in [0.3, 0.4) is 0 Å². The van der Waals surface area contributed by atoms with E-state index in [9.17, 15) is 8.42 Å². The summed E-state index contributed by atoms with van der Waals surface area (Å²) in [4.78, 5) is 0. The van der Waals surface area contributed by atoms with Crippen molar-refractivity contribution in [3.8, 4) is 17.6 Å². The number of sulfonamides is 1. The summed E-state index contributed by atoms with van der Waals surface area (Å²) < 4.78 is 31.3. The highest BCUT2D eigenvalue weighted by Gasteiger charge is 2.15. The average molecular weight is 316 g/mol. The number of hydrogen-bond donors (Lipinski definition) is 1. The zero-order valence-electron chi connectivity index (χ0n) is 12.1. The van der Waals surface area contributed by atoms with Gasteiger partial charge in [0, 0.05) is 6.04 Å². The van der Waals surface area contributed by atoms with Crippen molar-refractivity contribution >= 4 is 10.0 Å².